The molecule has 1 aromatic carbocycles. The number of benzene rings is 1. The normalized spacial score (nSPS) is 18.7. The molecule has 5 nitrogen and oxygen atoms in total. The molecule has 5 heteroatoms. The number of carbonyl (C=O) groups excluding carboxylic acids is 2. The number of carbonyl (C=O) groups is 2. The van der Waals surface area contributed by atoms with Gasteiger partial charge in [-0.1, -0.05) is 12.1 Å². The first kappa shape index (κ1) is 14.4. The van der Waals surface area contributed by atoms with Gasteiger partial charge in [0.2, 0.25) is 5.91 Å². The van der Waals surface area contributed by atoms with Gasteiger partial charge in [0.25, 0.3) is 0 Å². The third kappa shape index (κ3) is 3.10. The summed E-state index contributed by atoms with van der Waals surface area (Å²) in [5.41, 5.74) is 8.34. The van der Waals surface area contributed by atoms with Crippen LogP contribution < -0.4 is 11.1 Å². The zero-order valence-corrected chi connectivity index (χ0v) is 12.0. The number of aryl methyl sites for hydroxylation is 1. The summed E-state index contributed by atoms with van der Waals surface area (Å²) in [5, 5.41) is 2.96. The molecule has 0 unspecified atom stereocenters. The van der Waals surface area contributed by atoms with Gasteiger partial charge < -0.3 is 16.0 Å². The molecule has 1 aliphatic rings. The lowest BCUT2D eigenvalue weighted by atomic mass is 9.97. The van der Waals surface area contributed by atoms with Crippen molar-refractivity contribution in [1.29, 1.82) is 0 Å². The Labute approximate surface area is 119 Å². The van der Waals surface area contributed by atoms with Crippen LogP contribution in [-0.2, 0) is 4.79 Å². The van der Waals surface area contributed by atoms with Gasteiger partial charge in [0.05, 0.1) is 5.92 Å². The van der Waals surface area contributed by atoms with Crippen molar-refractivity contribution < 1.29 is 9.59 Å². The molecular weight excluding hydrogens is 254 g/mol. The van der Waals surface area contributed by atoms with Crippen LogP contribution in [0.25, 0.3) is 0 Å². The largest absolute Gasteiger partial charge is 0.351 e. The molecule has 1 atom stereocenters. The van der Waals surface area contributed by atoms with Crippen LogP contribution in [-0.4, -0.2) is 29.9 Å². The number of piperidine rings is 1. The predicted octanol–water partition coefficient (Wildman–Crippen LogP) is 2.03. The fourth-order valence-corrected chi connectivity index (χ4v) is 2.51. The van der Waals surface area contributed by atoms with Crippen molar-refractivity contribution in [3.8, 4) is 0 Å². The summed E-state index contributed by atoms with van der Waals surface area (Å²) in [6, 6.07) is 5.39. The Bertz CT molecular complexity index is 528. The Morgan fingerprint density at radius 2 is 2.10 bits per heavy atom. The van der Waals surface area contributed by atoms with E-state index in [9.17, 15) is 9.59 Å². The monoisotopic (exact) mass is 275 g/mol. The molecule has 1 aliphatic heterocycles. The van der Waals surface area contributed by atoms with E-state index in [2.05, 4.69) is 5.32 Å². The fraction of sp³-hybridized carbons (Fsp3) is 0.467. The van der Waals surface area contributed by atoms with Gasteiger partial charge in [0.1, 0.15) is 0 Å². The van der Waals surface area contributed by atoms with Crippen molar-refractivity contribution in [2.45, 2.75) is 26.7 Å². The topological polar surface area (TPSA) is 75.4 Å². The van der Waals surface area contributed by atoms with Crippen LogP contribution in [0.15, 0.2) is 18.2 Å². The van der Waals surface area contributed by atoms with Crippen LogP contribution in [0, 0.1) is 19.8 Å². The number of hydrogen-bond acceptors (Lipinski definition) is 2. The average Bonchev–Trinajstić information content (AvgIpc) is 2.44. The summed E-state index contributed by atoms with van der Waals surface area (Å²) in [6.07, 6.45) is 1.61. The number of hydrogen-bond donors (Lipinski definition) is 2. The minimum Gasteiger partial charge on any atom is -0.351 e. The molecule has 3 amide bonds. The average molecular weight is 275 g/mol. The summed E-state index contributed by atoms with van der Waals surface area (Å²) in [6.45, 7) is 5.05. The van der Waals surface area contributed by atoms with E-state index in [1.807, 2.05) is 32.0 Å². The van der Waals surface area contributed by atoms with Crippen molar-refractivity contribution in [3.05, 3.63) is 29.3 Å². The lowest BCUT2D eigenvalue weighted by Crippen LogP contribution is -2.46. The number of anilines is 1. The van der Waals surface area contributed by atoms with E-state index in [0.717, 1.165) is 29.7 Å². The fourth-order valence-electron chi connectivity index (χ4n) is 2.51. The second-order valence-electron chi connectivity index (χ2n) is 5.36. The van der Waals surface area contributed by atoms with Crippen LogP contribution in [0.1, 0.15) is 24.0 Å². The molecule has 1 fully saturated rings. The molecule has 0 aliphatic carbocycles. The second-order valence-corrected chi connectivity index (χ2v) is 5.36. The molecule has 0 saturated carbocycles. The number of nitrogens with two attached hydrogens (primary N) is 1. The van der Waals surface area contributed by atoms with Crippen molar-refractivity contribution >= 4 is 17.6 Å². The number of urea groups is 1. The summed E-state index contributed by atoms with van der Waals surface area (Å²) < 4.78 is 0. The molecule has 0 aromatic heterocycles. The number of primary amides is 1. The summed E-state index contributed by atoms with van der Waals surface area (Å²) >= 11 is 0. The van der Waals surface area contributed by atoms with E-state index in [4.69, 9.17) is 5.73 Å². The summed E-state index contributed by atoms with van der Waals surface area (Å²) in [4.78, 5) is 25.0. The van der Waals surface area contributed by atoms with Crippen molar-refractivity contribution in [1.82, 2.24) is 4.90 Å². The summed E-state index contributed by atoms with van der Waals surface area (Å²) in [5.74, 6) is -0.221. The maximum atomic E-state index is 12.3. The van der Waals surface area contributed by atoms with Crippen LogP contribution in [0.4, 0.5) is 10.5 Å². The first-order valence-electron chi connectivity index (χ1n) is 6.90. The zero-order valence-electron chi connectivity index (χ0n) is 12.0. The first-order valence-corrected chi connectivity index (χ1v) is 6.90. The van der Waals surface area contributed by atoms with Gasteiger partial charge in [-0.15, -0.1) is 0 Å². The molecule has 20 heavy (non-hydrogen) atoms. The van der Waals surface area contributed by atoms with Gasteiger partial charge in [0, 0.05) is 18.8 Å². The van der Waals surface area contributed by atoms with Crippen LogP contribution >= 0.6 is 0 Å². The van der Waals surface area contributed by atoms with Gasteiger partial charge in [-0.2, -0.15) is 0 Å². The van der Waals surface area contributed by atoms with E-state index in [1.54, 1.807) is 0 Å². The van der Waals surface area contributed by atoms with Crippen molar-refractivity contribution in [3.63, 3.8) is 0 Å². The molecule has 1 saturated heterocycles. The van der Waals surface area contributed by atoms with E-state index in [-0.39, 0.29) is 11.8 Å². The molecule has 1 aromatic rings. The van der Waals surface area contributed by atoms with E-state index < -0.39 is 6.03 Å². The Hall–Kier alpha value is -2.04. The number of nitrogens with one attached hydrogen (secondary N) is 1. The molecular formula is C15H21N3O2. The molecule has 0 bridgehead atoms. The first-order chi connectivity index (χ1) is 9.49. The van der Waals surface area contributed by atoms with Gasteiger partial charge >= 0.3 is 6.03 Å². The Kier molecular flexibility index (Phi) is 4.27. The molecule has 0 spiro atoms. The van der Waals surface area contributed by atoms with Gasteiger partial charge in [-0.05, 0) is 43.9 Å². The summed E-state index contributed by atoms with van der Waals surface area (Å²) in [7, 11) is 0. The SMILES string of the molecule is Cc1cccc(NC(=O)[C@H]2CCCN(C(N)=O)C2)c1C. The number of nitrogens with zero attached hydrogens (tertiary/aromatic N) is 1. The second kappa shape index (κ2) is 5.94. The maximum Gasteiger partial charge on any atom is 0.314 e. The zero-order chi connectivity index (χ0) is 14.7. The van der Waals surface area contributed by atoms with Crippen LogP contribution in [0.5, 0.6) is 0 Å². The Morgan fingerprint density at radius 1 is 1.35 bits per heavy atom. The highest BCUT2D eigenvalue weighted by atomic mass is 16.2. The predicted molar refractivity (Wildman–Crippen MR) is 78.4 cm³/mol. The van der Waals surface area contributed by atoms with E-state index in [1.165, 1.54) is 4.90 Å². The van der Waals surface area contributed by atoms with Gasteiger partial charge in [-0.3, -0.25) is 4.79 Å². The highest BCUT2D eigenvalue weighted by Crippen LogP contribution is 2.22. The standard InChI is InChI=1S/C15H21N3O2/c1-10-5-3-7-13(11(10)2)17-14(19)12-6-4-8-18(9-12)15(16)20/h3,5,7,12H,4,6,8-9H2,1-2H3,(H2,16,20)(H,17,19)/t12-/m0/s1. The van der Waals surface area contributed by atoms with Gasteiger partial charge in [-0.25, -0.2) is 4.79 Å². The Balaban J connectivity index is 2.04. The highest BCUT2D eigenvalue weighted by Gasteiger charge is 2.27. The Morgan fingerprint density at radius 3 is 2.80 bits per heavy atom. The van der Waals surface area contributed by atoms with Crippen LogP contribution in [0.3, 0.4) is 0 Å². The molecule has 0 radical (unpaired) electrons. The lowest BCUT2D eigenvalue weighted by Gasteiger charge is -2.30. The van der Waals surface area contributed by atoms with Crippen molar-refractivity contribution in [2.24, 2.45) is 11.7 Å². The quantitative estimate of drug-likeness (QED) is 0.866. The number of likely N-dealkylation sites (tertiary alicyclic amines) is 1. The molecule has 108 valence electrons. The molecule has 1 heterocycles. The number of rotatable bonds is 2. The third-order valence-corrected chi connectivity index (χ3v) is 3.97. The van der Waals surface area contributed by atoms with Crippen molar-refractivity contribution in [2.75, 3.05) is 18.4 Å². The van der Waals surface area contributed by atoms with Gasteiger partial charge in [0.15, 0.2) is 0 Å². The van der Waals surface area contributed by atoms with E-state index >= 15 is 0 Å². The van der Waals surface area contributed by atoms with Crippen LogP contribution in [0.2, 0.25) is 0 Å². The highest BCUT2D eigenvalue weighted by molar-refractivity contribution is 5.94. The third-order valence-electron chi connectivity index (χ3n) is 3.97. The smallest absolute Gasteiger partial charge is 0.314 e. The maximum absolute atomic E-state index is 12.3. The minimum atomic E-state index is -0.450. The molecule has 3 N–H and O–H groups in total. The molecule has 2 rings (SSSR count). The number of amides is 3. The van der Waals surface area contributed by atoms with E-state index in [0.29, 0.717) is 13.1 Å². The lowest BCUT2D eigenvalue weighted by molar-refractivity contribution is -0.121. The minimum absolute atomic E-state index is 0.0374.